The topological polar surface area (TPSA) is 78.9 Å². The highest BCUT2D eigenvalue weighted by Crippen LogP contribution is 2.18. The van der Waals surface area contributed by atoms with Crippen molar-refractivity contribution >= 4 is 17.9 Å². The molecule has 0 aromatic carbocycles. The Morgan fingerprint density at radius 2 is 0.625 bits per heavy atom. The van der Waals surface area contributed by atoms with Crippen LogP contribution < -0.4 is 0 Å². The molecule has 332 valence electrons. The van der Waals surface area contributed by atoms with Gasteiger partial charge >= 0.3 is 17.9 Å². The first-order valence-electron chi connectivity index (χ1n) is 24.7. The number of carbonyl (C=O) groups is 3. The average Bonchev–Trinajstić information content (AvgIpc) is 3.18. The zero-order chi connectivity index (χ0) is 41.3. The largest absolute Gasteiger partial charge is 0.462 e. The summed E-state index contributed by atoms with van der Waals surface area (Å²) in [5.41, 5.74) is 0. The second kappa shape index (κ2) is 41.6. The predicted octanol–water partition coefficient (Wildman–Crippen LogP) is 15.6. The Morgan fingerprint density at radius 3 is 0.929 bits per heavy atom. The molecule has 6 nitrogen and oxygen atoms in total. The summed E-state index contributed by atoms with van der Waals surface area (Å²) in [5, 5.41) is 0. The predicted molar refractivity (Wildman–Crippen MR) is 238 cm³/mol. The molecule has 0 aromatic heterocycles. The summed E-state index contributed by atoms with van der Waals surface area (Å²) in [7, 11) is 0. The smallest absolute Gasteiger partial charge is 0.306 e. The van der Waals surface area contributed by atoms with Crippen molar-refractivity contribution in [2.24, 2.45) is 17.8 Å². The highest BCUT2D eigenvalue weighted by atomic mass is 16.6. The number of hydrogen-bond acceptors (Lipinski definition) is 6. The molecule has 0 radical (unpaired) electrons. The van der Waals surface area contributed by atoms with Crippen LogP contribution in [0.4, 0.5) is 0 Å². The number of unbranched alkanes of at least 4 members (excludes halogenated alkanes) is 24. The van der Waals surface area contributed by atoms with E-state index in [1.807, 2.05) is 0 Å². The summed E-state index contributed by atoms with van der Waals surface area (Å²) in [5.74, 6) is 1.61. The quantitative estimate of drug-likeness (QED) is 0.0348. The fraction of sp³-hybridized carbons (Fsp3) is 0.940. The molecule has 0 spiro atoms. The molecule has 0 bridgehead atoms. The summed E-state index contributed by atoms with van der Waals surface area (Å²) in [6.45, 7) is 13.7. The van der Waals surface area contributed by atoms with Crippen molar-refractivity contribution in [3.8, 4) is 0 Å². The zero-order valence-corrected chi connectivity index (χ0v) is 38.4. The van der Waals surface area contributed by atoms with Gasteiger partial charge in [0.15, 0.2) is 6.10 Å². The van der Waals surface area contributed by atoms with Crippen molar-refractivity contribution in [1.29, 1.82) is 0 Å². The minimum atomic E-state index is -0.763. The molecule has 0 fully saturated rings. The van der Waals surface area contributed by atoms with E-state index >= 15 is 0 Å². The van der Waals surface area contributed by atoms with Crippen molar-refractivity contribution in [3.05, 3.63) is 0 Å². The number of esters is 3. The van der Waals surface area contributed by atoms with Crippen LogP contribution in [0.25, 0.3) is 0 Å². The third-order valence-corrected chi connectivity index (χ3v) is 11.9. The molecule has 0 saturated heterocycles. The molecule has 0 N–H and O–H groups in total. The first kappa shape index (κ1) is 54.4. The maximum atomic E-state index is 12.7. The Morgan fingerprint density at radius 1 is 0.357 bits per heavy atom. The van der Waals surface area contributed by atoms with E-state index in [4.69, 9.17) is 14.2 Å². The minimum Gasteiger partial charge on any atom is -0.462 e. The monoisotopic (exact) mass is 793 g/mol. The Kier molecular flexibility index (Phi) is 40.4. The Balaban J connectivity index is 4.25. The molecule has 2 unspecified atom stereocenters. The minimum absolute atomic E-state index is 0.0665. The molecule has 0 rings (SSSR count). The van der Waals surface area contributed by atoms with E-state index in [2.05, 4.69) is 41.5 Å². The third kappa shape index (κ3) is 40.6. The van der Waals surface area contributed by atoms with E-state index < -0.39 is 6.10 Å². The SMILES string of the molecule is CCC(C)CCCCCCCCC(=O)OC[C@@H](COC(=O)CCCCCCCCCCCCCCCCCC(C)C)OC(=O)CCCCCCCCC(C)CC. The first-order chi connectivity index (χ1) is 27.2. The number of hydrogen-bond donors (Lipinski definition) is 0. The van der Waals surface area contributed by atoms with Crippen LogP contribution in [0.15, 0.2) is 0 Å². The molecule has 0 heterocycles. The van der Waals surface area contributed by atoms with Gasteiger partial charge in [0.05, 0.1) is 0 Å². The molecule has 3 atom stereocenters. The van der Waals surface area contributed by atoms with Gasteiger partial charge in [0.25, 0.3) is 0 Å². The molecule has 0 aliphatic heterocycles. The average molecular weight is 793 g/mol. The molecule has 0 amide bonds. The number of ether oxygens (including phenoxy) is 3. The number of carbonyl (C=O) groups excluding carboxylic acids is 3. The van der Waals surface area contributed by atoms with E-state index in [9.17, 15) is 14.4 Å². The van der Waals surface area contributed by atoms with Gasteiger partial charge in [-0.05, 0) is 37.0 Å². The fourth-order valence-electron chi connectivity index (χ4n) is 7.34. The lowest BCUT2D eigenvalue weighted by atomic mass is 10.00. The third-order valence-electron chi connectivity index (χ3n) is 11.9. The summed E-state index contributed by atoms with van der Waals surface area (Å²) >= 11 is 0. The maximum Gasteiger partial charge on any atom is 0.306 e. The maximum absolute atomic E-state index is 12.7. The van der Waals surface area contributed by atoms with E-state index in [0.717, 1.165) is 75.5 Å². The Hall–Kier alpha value is -1.59. The van der Waals surface area contributed by atoms with Crippen LogP contribution in [0.2, 0.25) is 0 Å². The van der Waals surface area contributed by atoms with E-state index in [1.165, 1.54) is 148 Å². The van der Waals surface area contributed by atoms with Gasteiger partial charge in [0, 0.05) is 19.3 Å². The van der Waals surface area contributed by atoms with Crippen LogP contribution >= 0.6 is 0 Å². The van der Waals surface area contributed by atoms with Gasteiger partial charge in [-0.25, -0.2) is 0 Å². The van der Waals surface area contributed by atoms with Crippen LogP contribution in [0.5, 0.6) is 0 Å². The molecule has 0 aliphatic carbocycles. The van der Waals surface area contributed by atoms with Crippen molar-refractivity contribution in [1.82, 2.24) is 0 Å². The summed E-state index contributed by atoms with van der Waals surface area (Å²) in [4.78, 5) is 37.8. The lowest BCUT2D eigenvalue weighted by molar-refractivity contribution is -0.167. The molecular formula is C50H96O6. The Labute approximate surface area is 348 Å². The lowest BCUT2D eigenvalue weighted by Crippen LogP contribution is -2.30. The molecule has 0 aromatic rings. The zero-order valence-electron chi connectivity index (χ0n) is 38.4. The van der Waals surface area contributed by atoms with E-state index in [1.54, 1.807) is 0 Å². The fourth-order valence-corrected chi connectivity index (χ4v) is 7.34. The molecule has 0 saturated carbocycles. The van der Waals surface area contributed by atoms with Crippen molar-refractivity contribution in [2.45, 2.75) is 272 Å². The van der Waals surface area contributed by atoms with Gasteiger partial charge in [-0.1, -0.05) is 228 Å². The van der Waals surface area contributed by atoms with Gasteiger partial charge in [-0.15, -0.1) is 0 Å². The number of rotatable bonds is 43. The van der Waals surface area contributed by atoms with E-state index in [0.29, 0.717) is 19.3 Å². The van der Waals surface area contributed by atoms with Gasteiger partial charge in [-0.3, -0.25) is 14.4 Å². The van der Waals surface area contributed by atoms with Crippen molar-refractivity contribution < 1.29 is 28.6 Å². The first-order valence-corrected chi connectivity index (χ1v) is 24.7. The van der Waals surface area contributed by atoms with Crippen LogP contribution in [-0.4, -0.2) is 37.2 Å². The molecule has 0 aliphatic rings. The highest BCUT2D eigenvalue weighted by Gasteiger charge is 2.19. The lowest BCUT2D eigenvalue weighted by Gasteiger charge is -2.18. The second-order valence-corrected chi connectivity index (χ2v) is 18.1. The molecule has 6 heteroatoms. The standard InChI is InChI=1S/C50H96O6/c1-7-45(5)37-31-25-20-22-28-34-40-49(52)55-43-47(56-50(53)41-35-29-23-21-26-32-38-46(6)8-2)42-54-48(51)39-33-27-19-17-15-13-11-9-10-12-14-16-18-24-30-36-44(3)4/h44-47H,7-43H2,1-6H3/t45?,46?,47-/m1/s1. The van der Waals surface area contributed by atoms with Crippen molar-refractivity contribution in [3.63, 3.8) is 0 Å². The van der Waals surface area contributed by atoms with Crippen LogP contribution in [-0.2, 0) is 28.6 Å². The van der Waals surface area contributed by atoms with Gasteiger partial charge in [0.1, 0.15) is 13.2 Å². The highest BCUT2D eigenvalue weighted by molar-refractivity contribution is 5.71. The van der Waals surface area contributed by atoms with Crippen LogP contribution in [0, 0.1) is 17.8 Å². The van der Waals surface area contributed by atoms with Gasteiger partial charge < -0.3 is 14.2 Å². The van der Waals surface area contributed by atoms with Crippen LogP contribution in [0.1, 0.15) is 266 Å². The summed E-state index contributed by atoms with van der Waals surface area (Å²) in [6.07, 6.45) is 39.5. The molecule has 56 heavy (non-hydrogen) atoms. The molecular weight excluding hydrogens is 697 g/mol. The van der Waals surface area contributed by atoms with Crippen LogP contribution in [0.3, 0.4) is 0 Å². The summed E-state index contributed by atoms with van der Waals surface area (Å²) < 4.78 is 16.7. The van der Waals surface area contributed by atoms with Crippen molar-refractivity contribution in [2.75, 3.05) is 13.2 Å². The Bertz CT molecular complexity index is 872. The second-order valence-electron chi connectivity index (χ2n) is 18.1. The van der Waals surface area contributed by atoms with E-state index in [-0.39, 0.29) is 31.1 Å². The normalized spacial score (nSPS) is 13.1. The van der Waals surface area contributed by atoms with Gasteiger partial charge in [-0.2, -0.15) is 0 Å². The summed E-state index contributed by atoms with van der Waals surface area (Å²) in [6, 6.07) is 0. The van der Waals surface area contributed by atoms with Gasteiger partial charge in [0.2, 0.25) is 0 Å².